The van der Waals surface area contributed by atoms with Crippen LogP contribution in [-0.2, 0) is 9.59 Å². The fourth-order valence-corrected chi connectivity index (χ4v) is 3.38. The number of hydrogen-bond donors (Lipinski definition) is 0. The van der Waals surface area contributed by atoms with Crippen molar-refractivity contribution in [1.82, 2.24) is 0 Å². The zero-order chi connectivity index (χ0) is 12.5. The van der Waals surface area contributed by atoms with E-state index in [-0.39, 0.29) is 11.8 Å². The minimum absolute atomic E-state index is 0.262. The fraction of sp³-hybridized carbons (Fsp3) is 0.200. The molecule has 0 saturated heterocycles. The number of rotatable bonds is 1. The highest BCUT2D eigenvalue weighted by Crippen LogP contribution is 2.30. The number of amides is 2. The predicted octanol–water partition coefficient (Wildman–Crippen LogP) is 3.40. The summed E-state index contributed by atoms with van der Waals surface area (Å²) in [5.41, 5.74) is 0.658. The van der Waals surface area contributed by atoms with Crippen molar-refractivity contribution < 1.29 is 9.59 Å². The zero-order valence-electron chi connectivity index (χ0n) is 8.55. The Labute approximate surface area is 135 Å². The Balaban J connectivity index is 3.37. The molecule has 0 aliphatic carbocycles. The van der Waals surface area contributed by atoms with Crippen LogP contribution in [0.3, 0.4) is 0 Å². The summed E-state index contributed by atoms with van der Waals surface area (Å²) < 4.78 is 3.10. The van der Waals surface area contributed by atoms with Gasteiger partial charge < -0.3 is 0 Å². The van der Waals surface area contributed by atoms with Gasteiger partial charge in [-0.3, -0.25) is 9.59 Å². The number of carbonyl (C=O) groups excluding carboxylic acids is 2. The van der Waals surface area contributed by atoms with Crippen molar-refractivity contribution in [1.29, 1.82) is 0 Å². The van der Waals surface area contributed by atoms with Gasteiger partial charge in [-0.1, -0.05) is 0 Å². The SMILES string of the molecule is CC(=O)N(C(C)=O)c1ccc(I)c(I)c1I. The van der Waals surface area contributed by atoms with E-state index in [0.29, 0.717) is 5.69 Å². The Kier molecular flexibility index (Phi) is 5.42. The average molecular weight is 555 g/mol. The van der Waals surface area contributed by atoms with Crippen molar-refractivity contribution in [3.05, 3.63) is 22.8 Å². The number of benzene rings is 1. The maximum atomic E-state index is 11.4. The van der Waals surface area contributed by atoms with Crippen LogP contribution >= 0.6 is 67.8 Å². The fourth-order valence-electron chi connectivity index (χ4n) is 1.25. The second kappa shape index (κ2) is 5.94. The number of anilines is 1. The van der Waals surface area contributed by atoms with Gasteiger partial charge in [0, 0.05) is 21.0 Å². The molecule has 0 fully saturated rings. The summed E-state index contributed by atoms with van der Waals surface area (Å²) in [6.45, 7) is 2.78. The molecular weight excluding hydrogens is 547 g/mol. The van der Waals surface area contributed by atoms with Gasteiger partial charge in [-0.2, -0.15) is 0 Å². The minimum atomic E-state index is -0.262. The summed E-state index contributed by atoms with van der Waals surface area (Å²) >= 11 is 6.59. The molecule has 0 atom stereocenters. The largest absolute Gasteiger partial charge is 0.274 e. The normalized spacial score (nSPS) is 10.1. The van der Waals surface area contributed by atoms with Crippen LogP contribution in [0.1, 0.15) is 13.8 Å². The minimum Gasteiger partial charge on any atom is -0.274 e. The molecule has 6 heteroatoms. The van der Waals surface area contributed by atoms with E-state index in [9.17, 15) is 9.59 Å². The maximum Gasteiger partial charge on any atom is 0.230 e. The molecule has 0 spiro atoms. The second-order valence-electron chi connectivity index (χ2n) is 3.07. The molecule has 0 bridgehead atoms. The van der Waals surface area contributed by atoms with Crippen molar-refractivity contribution >= 4 is 85.3 Å². The van der Waals surface area contributed by atoms with E-state index in [0.717, 1.165) is 10.7 Å². The lowest BCUT2D eigenvalue weighted by Gasteiger charge is -2.19. The molecule has 0 aliphatic rings. The summed E-state index contributed by atoms with van der Waals surface area (Å²) in [5.74, 6) is -0.523. The quantitative estimate of drug-likeness (QED) is 0.394. The summed E-state index contributed by atoms with van der Waals surface area (Å²) in [4.78, 5) is 24.1. The molecule has 0 N–H and O–H groups in total. The summed E-state index contributed by atoms with van der Waals surface area (Å²) in [6, 6.07) is 3.70. The number of nitrogens with zero attached hydrogens (tertiary/aromatic N) is 1. The summed E-state index contributed by atoms with van der Waals surface area (Å²) in [7, 11) is 0. The highest BCUT2D eigenvalue weighted by Gasteiger charge is 2.20. The van der Waals surface area contributed by atoms with Crippen LogP contribution in [-0.4, -0.2) is 11.8 Å². The molecular formula is C10H8I3NO2. The monoisotopic (exact) mass is 555 g/mol. The molecule has 16 heavy (non-hydrogen) atoms. The van der Waals surface area contributed by atoms with Crippen molar-refractivity contribution in [2.24, 2.45) is 0 Å². The molecule has 1 aromatic rings. The van der Waals surface area contributed by atoms with Gasteiger partial charge in [0.1, 0.15) is 0 Å². The van der Waals surface area contributed by atoms with Crippen LogP contribution in [0, 0.1) is 10.7 Å². The number of hydrogen-bond acceptors (Lipinski definition) is 2. The third-order valence-corrected chi connectivity index (χ3v) is 7.06. The van der Waals surface area contributed by atoms with E-state index in [1.165, 1.54) is 18.7 Å². The molecule has 2 amide bonds. The van der Waals surface area contributed by atoms with Crippen LogP contribution in [0.15, 0.2) is 12.1 Å². The van der Waals surface area contributed by atoms with Crippen LogP contribution < -0.4 is 4.90 Å². The first-order valence-electron chi connectivity index (χ1n) is 4.31. The molecule has 86 valence electrons. The second-order valence-corrected chi connectivity index (χ2v) is 6.39. The Hall–Kier alpha value is 0.550. The molecule has 0 unspecified atom stereocenters. The van der Waals surface area contributed by atoms with Gasteiger partial charge in [0.25, 0.3) is 0 Å². The Morgan fingerprint density at radius 2 is 1.50 bits per heavy atom. The molecule has 0 aromatic heterocycles. The predicted molar refractivity (Wildman–Crippen MR) is 88.4 cm³/mol. The van der Waals surface area contributed by atoms with Gasteiger partial charge in [-0.15, -0.1) is 0 Å². The maximum absolute atomic E-state index is 11.4. The zero-order valence-corrected chi connectivity index (χ0v) is 15.0. The smallest absolute Gasteiger partial charge is 0.230 e. The molecule has 1 aromatic carbocycles. The number of imide groups is 1. The van der Waals surface area contributed by atoms with E-state index in [2.05, 4.69) is 67.8 Å². The van der Waals surface area contributed by atoms with E-state index >= 15 is 0 Å². The van der Waals surface area contributed by atoms with Gasteiger partial charge in [0.2, 0.25) is 11.8 Å². The van der Waals surface area contributed by atoms with Crippen molar-refractivity contribution in [3.8, 4) is 0 Å². The van der Waals surface area contributed by atoms with Crippen LogP contribution in [0.4, 0.5) is 5.69 Å². The van der Waals surface area contributed by atoms with E-state index in [1.54, 1.807) is 6.07 Å². The van der Waals surface area contributed by atoms with Gasteiger partial charge in [-0.25, -0.2) is 4.90 Å². The standard InChI is InChI=1S/C10H8I3NO2/c1-5(15)14(6(2)16)8-4-3-7(11)9(12)10(8)13/h3-4H,1-2H3. The Morgan fingerprint density at radius 3 is 1.94 bits per heavy atom. The first-order chi connectivity index (χ1) is 7.36. The molecule has 3 nitrogen and oxygen atoms in total. The molecule has 0 radical (unpaired) electrons. The summed E-state index contributed by atoms with van der Waals surface area (Å²) in [6.07, 6.45) is 0. The van der Waals surface area contributed by atoms with E-state index in [1.807, 2.05) is 6.07 Å². The molecule has 0 heterocycles. The highest BCUT2D eigenvalue weighted by atomic mass is 127. The lowest BCUT2D eigenvalue weighted by Crippen LogP contribution is -2.33. The molecule has 1 rings (SSSR count). The van der Waals surface area contributed by atoms with Gasteiger partial charge >= 0.3 is 0 Å². The van der Waals surface area contributed by atoms with Gasteiger partial charge in [0.15, 0.2) is 0 Å². The highest BCUT2D eigenvalue weighted by molar-refractivity contribution is 14.1. The van der Waals surface area contributed by atoms with Crippen LogP contribution in [0.5, 0.6) is 0 Å². The van der Waals surface area contributed by atoms with Crippen molar-refractivity contribution in [2.45, 2.75) is 13.8 Å². The van der Waals surface area contributed by atoms with E-state index < -0.39 is 0 Å². The third-order valence-electron chi connectivity index (χ3n) is 1.89. The first-order valence-corrected chi connectivity index (χ1v) is 7.54. The first kappa shape index (κ1) is 14.6. The third kappa shape index (κ3) is 3.06. The Morgan fingerprint density at radius 1 is 1.00 bits per heavy atom. The summed E-state index contributed by atoms with van der Waals surface area (Å²) in [5, 5.41) is 0. The van der Waals surface area contributed by atoms with E-state index in [4.69, 9.17) is 0 Å². The number of halogens is 3. The van der Waals surface area contributed by atoms with Crippen LogP contribution in [0.25, 0.3) is 0 Å². The van der Waals surface area contributed by atoms with Crippen molar-refractivity contribution in [2.75, 3.05) is 4.90 Å². The average Bonchev–Trinajstić information content (AvgIpc) is 2.17. The molecule has 0 aliphatic heterocycles. The van der Waals surface area contributed by atoms with Crippen LogP contribution in [0.2, 0.25) is 0 Å². The van der Waals surface area contributed by atoms with Gasteiger partial charge in [0.05, 0.1) is 9.26 Å². The topological polar surface area (TPSA) is 37.4 Å². The molecule has 0 saturated carbocycles. The van der Waals surface area contributed by atoms with Crippen molar-refractivity contribution in [3.63, 3.8) is 0 Å². The Bertz CT molecular complexity index is 446. The number of carbonyl (C=O) groups is 2. The lowest BCUT2D eigenvalue weighted by atomic mass is 10.3. The van der Waals surface area contributed by atoms with Gasteiger partial charge in [-0.05, 0) is 79.9 Å². The lowest BCUT2D eigenvalue weighted by molar-refractivity contribution is -0.124.